The summed E-state index contributed by atoms with van der Waals surface area (Å²) in [5.41, 5.74) is 1.12. The summed E-state index contributed by atoms with van der Waals surface area (Å²) in [7, 11) is 1.64. The molecule has 7 nitrogen and oxygen atoms in total. The molecule has 168 valence electrons. The van der Waals surface area contributed by atoms with Crippen LogP contribution in [0.25, 0.3) is 0 Å². The third kappa shape index (κ3) is 7.77. The van der Waals surface area contributed by atoms with E-state index in [1.165, 1.54) is 0 Å². The van der Waals surface area contributed by atoms with Crippen molar-refractivity contribution < 1.29 is 14.2 Å². The normalized spacial score (nSPS) is 14.8. The monoisotopic (exact) mass is 426 g/mol. The zero-order valence-corrected chi connectivity index (χ0v) is 18.6. The van der Waals surface area contributed by atoms with Crippen LogP contribution in [0.4, 0.5) is 0 Å². The van der Waals surface area contributed by atoms with E-state index in [2.05, 4.69) is 22.5 Å². The molecular weight excluding hydrogens is 392 g/mol. The SMILES string of the molecule is CCNC(=NCc1ccc(Oc2ccccc2OC)cc1)NCCCN1CCOCC1. The van der Waals surface area contributed by atoms with E-state index in [-0.39, 0.29) is 0 Å². The second-order valence-electron chi connectivity index (χ2n) is 7.33. The van der Waals surface area contributed by atoms with Crippen LogP contribution in [0.5, 0.6) is 17.2 Å². The Kier molecular flexibility index (Phi) is 9.47. The average Bonchev–Trinajstić information content (AvgIpc) is 2.82. The number of methoxy groups -OCH3 is 1. The number of morpholine rings is 1. The van der Waals surface area contributed by atoms with Gasteiger partial charge in [-0.1, -0.05) is 24.3 Å². The highest BCUT2D eigenvalue weighted by Crippen LogP contribution is 2.30. The van der Waals surface area contributed by atoms with Crippen molar-refractivity contribution in [2.45, 2.75) is 19.9 Å². The maximum Gasteiger partial charge on any atom is 0.191 e. The van der Waals surface area contributed by atoms with Crippen molar-refractivity contribution in [1.82, 2.24) is 15.5 Å². The molecule has 0 atom stereocenters. The van der Waals surface area contributed by atoms with E-state index >= 15 is 0 Å². The summed E-state index contributed by atoms with van der Waals surface area (Å²) < 4.78 is 16.7. The van der Waals surface area contributed by atoms with Gasteiger partial charge in [0.25, 0.3) is 0 Å². The Hall–Kier alpha value is -2.77. The van der Waals surface area contributed by atoms with Gasteiger partial charge in [0.2, 0.25) is 0 Å². The lowest BCUT2D eigenvalue weighted by Crippen LogP contribution is -2.40. The maximum absolute atomic E-state index is 5.94. The van der Waals surface area contributed by atoms with Gasteiger partial charge in [0, 0.05) is 26.2 Å². The highest BCUT2D eigenvalue weighted by atomic mass is 16.5. The Morgan fingerprint density at radius 2 is 1.77 bits per heavy atom. The number of hydrogen-bond donors (Lipinski definition) is 2. The molecule has 0 aliphatic carbocycles. The Labute approximate surface area is 185 Å². The fraction of sp³-hybridized carbons (Fsp3) is 0.458. The number of benzene rings is 2. The van der Waals surface area contributed by atoms with Gasteiger partial charge in [0.1, 0.15) is 5.75 Å². The van der Waals surface area contributed by atoms with Gasteiger partial charge < -0.3 is 24.8 Å². The highest BCUT2D eigenvalue weighted by molar-refractivity contribution is 5.79. The van der Waals surface area contributed by atoms with Gasteiger partial charge in [-0.3, -0.25) is 4.90 Å². The van der Waals surface area contributed by atoms with Crippen molar-refractivity contribution in [1.29, 1.82) is 0 Å². The van der Waals surface area contributed by atoms with Gasteiger partial charge in [-0.15, -0.1) is 0 Å². The number of nitrogens with one attached hydrogen (secondary N) is 2. The van der Waals surface area contributed by atoms with Crippen LogP contribution in [-0.4, -0.2) is 63.9 Å². The number of aliphatic imine (C=N–C) groups is 1. The minimum atomic E-state index is 0.605. The van der Waals surface area contributed by atoms with Gasteiger partial charge >= 0.3 is 0 Å². The van der Waals surface area contributed by atoms with E-state index in [0.717, 1.165) is 69.6 Å². The zero-order chi connectivity index (χ0) is 21.7. The smallest absolute Gasteiger partial charge is 0.191 e. The molecule has 0 aromatic heterocycles. The highest BCUT2D eigenvalue weighted by Gasteiger charge is 2.09. The van der Waals surface area contributed by atoms with Crippen molar-refractivity contribution in [2.24, 2.45) is 4.99 Å². The topological polar surface area (TPSA) is 67.4 Å². The molecule has 2 aromatic rings. The molecule has 2 N–H and O–H groups in total. The fourth-order valence-corrected chi connectivity index (χ4v) is 3.34. The number of hydrogen-bond acceptors (Lipinski definition) is 5. The summed E-state index contributed by atoms with van der Waals surface area (Å²) in [5, 5.41) is 6.74. The fourth-order valence-electron chi connectivity index (χ4n) is 3.34. The third-order valence-corrected chi connectivity index (χ3v) is 5.03. The van der Waals surface area contributed by atoms with Gasteiger partial charge in [0.05, 0.1) is 26.9 Å². The molecule has 7 heteroatoms. The van der Waals surface area contributed by atoms with Crippen LogP contribution in [0.15, 0.2) is 53.5 Å². The first-order valence-corrected chi connectivity index (χ1v) is 11.0. The molecule has 0 unspecified atom stereocenters. The lowest BCUT2D eigenvalue weighted by atomic mass is 10.2. The lowest BCUT2D eigenvalue weighted by molar-refractivity contribution is 0.0376. The molecule has 31 heavy (non-hydrogen) atoms. The number of rotatable bonds is 10. The minimum Gasteiger partial charge on any atom is -0.493 e. The van der Waals surface area contributed by atoms with Crippen molar-refractivity contribution in [3.05, 3.63) is 54.1 Å². The summed E-state index contributed by atoms with van der Waals surface area (Å²) in [4.78, 5) is 7.16. The van der Waals surface area contributed by atoms with Crippen LogP contribution < -0.4 is 20.1 Å². The quantitative estimate of drug-likeness (QED) is 0.345. The van der Waals surface area contributed by atoms with Gasteiger partial charge in [0.15, 0.2) is 17.5 Å². The van der Waals surface area contributed by atoms with Crippen molar-refractivity contribution in [3.8, 4) is 17.2 Å². The predicted molar refractivity (Wildman–Crippen MR) is 124 cm³/mol. The molecule has 0 radical (unpaired) electrons. The number of nitrogens with zero attached hydrogens (tertiary/aromatic N) is 2. The first-order chi connectivity index (χ1) is 15.3. The lowest BCUT2D eigenvalue weighted by Gasteiger charge is -2.26. The van der Waals surface area contributed by atoms with Crippen LogP contribution in [0, 0.1) is 0 Å². The molecule has 0 spiro atoms. The zero-order valence-electron chi connectivity index (χ0n) is 18.6. The Morgan fingerprint density at radius 3 is 2.48 bits per heavy atom. The van der Waals surface area contributed by atoms with E-state index in [4.69, 9.17) is 19.2 Å². The number of guanidine groups is 1. The van der Waals surface area contributed by atoms with Crippen LogP contribution in [-0.2, 0) is 11.3 Å². The van der Waals surface area contributed by atoms with Crippen molar-refractivity contribution in [2.75, 3.05) is 53.0 Å². The second-order valence-corrected chi connectivity index (χ2v) is 7.33. The van der Waals surface area contributed by atoms with Gasteiger partial charge in [-0.05, 0) is 49.7 Å². The molecule has 0 amide bonds. The van der Waals surface area contributed by atoms with Crippen LogP contribution >= 0.6 is 0 Å². The van der Waals surface area contributed by atoms with E-state index in [9.17, 15) is 0 Å². The molecule has 0 saturated carbocycles. The van der Waals surface area contributed by atoms with E-state index < -0.39 is 0 Å². The number of ether oxygens (including phenoxy) is 3. The minimum absolute atomic E-state index is 0.605. The first-order valence-electron chi connectivity index (χ1n) is 11.0. The standard InChI is InChI=1S/C24H34N4O3/c1-3-25-24(26-13-6-14-28-15-17-30-18-16-28)27-19-20-9-11-21(12-10-20)31-23-8-5-4-7-22(23)29-2/h4-5,7-12H,3,6,13-19H2,1-2H3,(H2,25,26,27). The molecule has 1 aliphatic rings. The molecular formula is C24H34N4O3. The molecule has 1 fully saturated rings. The molecule has 1 saturated heterocycles. The molecule has 2 aromatic carbocycles. The predicted octanol–water partition coefficient (Wildman–Crippen LogP) is 3.26. The Bertz CT molecular complexity index is 805. The molecule has 3 rings (SSSR count). The van der Waals surface area contributed by atoms with Crippen molar-refractivity contribution in [3.63, 3.8) is 0 Å². The van der Waals surface area contributed by atoms with Crippen LogP contribution in [0.2, 0.25) is 0 Å². The van der Waals surface area contributed by atoms with Crippen LogP contribution in [0.1, 0.15) is 18.9 Å². The maximum atomic E-state index is 5.94. The summed E-state index contributed by atoms with van der Waals surface area (Å²) in [6, 6.07) is 15.6. The van der Waals surface area contributed by atoms with E-state index in [0.29, 0.717) is 18.0 Å². The average molecular weight is 427 g/mol. The van der Waals surface area contributed by atoms with Crippen LogP contribution in [0.3, 0.4) is 0 Å². The summed E-state index contributed by atoms with van der Waals surface area (Å²) in [6.07, 6.45) is 1.08. The Morgan fingerprint density at radius 1 is 1.03 bits per heavy atom. The second kappa shape index (κ2) is 12.8. The third-order valence-electron chi connectivity index (χ3n) is 5.03. The number of para-hydroxylation sites is 2. The Balaban J connectivity index is 1.47. The summed E-state index contributed by atoms with van der Waals surface area (Å²) in [6.45, 7) is 9.26. The van der Waals surface area contributed by atoms with Crippen molar-refractivity contribution >= 4 is 5.96 Å². The first kappa shape index (κ1) is 22.9. The van der Waals surface area contributed by atoms with Gasteiger partial charge in [-0.25, -0.2) is 4.99 Å². The summed E-state index contributed by atoms with van der Waals surface area (Å²) in [5.74, 6) is 3.03. The van der Waals surface area contributed by atoms with Gasteiger partial charge in [-0.2, -0.15) is 0 Å². The largest absolute Gasteiger partial charge is 0.493 e. The molecule has 1 heterocycles. The molecule has 1 aliphatic heterocycles. The summed E-state index contributed by atoms with van der Waals surface area (Å²) >= 11 is 0. The van der Waals surface area contributed by atoms with E-state index in [1.807, 2.05) is 48.5 Å². The molecule has 0 bridgehead atoms. The van der Waals surface area contributed by atoms with E-state index in [1.54, 1.807) is 7.11 Å².